The lowest BCUT2D eigenvalue weighted by Gasteiger charge is -2.28. The fourth-order valence-corrected chi connectivity index (χ4v) is 4.28. The normalized spacial score (nSPS) is 14.7. The number of amides is 1. The number of halogens is 1. The first kappa shape index (κ1) is 22.7. The van der Waals surface area contributed by atoms with Gasteiger partial charge in [-0.3, -0.25) is 4.79 Å². The molecular formula is C27H24ClN5O2. The van der Waals surface area contributed by atoms with Crippen LogP contribution in [0.2, 0.25) is 5.02 Å². The van der Waals surface area contributed by atoms with Crippen LogP contribution in [0.4, 0.5) is 5.95 Å². The molecule has 1 atom stereocenters. The van der Waals surface area contributed by atoms with Crippen LogP contribution in [0.5, 0.6) is 5.75 Å². The topological polar surface area (TPSA) is 81.1 Å². The van der Waals surface area contributed by atoms with Gasteiger partial charge in [0.2, 0.25) is 5.95 Å². The quantitative estimate of drug-likeness (QED) is 0.380. The van der Waals surface area contributed by atoms with Crippen molar-refractivity contribution >= 4 is 23.5 Å². The molecule has 4 aromatic rings. The van der Waals surface area contributed by atoms with Gasteiger partial charge in [0.05, 0.1) is 5.57 Å². The largest absolute Gasteiger partial charge is 0.489 e. The van der Waals surface area contributed by atoms with Crippen LogP contribution >= 0.6 is 11.6 Å². The van der Waals surface area contributed by atoms with Crippen LogP contribution in [0.15, 0.2) is 96.5 Å². The summed E-state index contributed by atoms with van der Waals surface area (Å²) in [5.74, 6) is 1.13. The van der Waals surface area contributed by atoms with Crippen LogP contribution in [0.3, 0.4) is 0 Å². The second-order valence-corrected chi connectivity index (χ2v) is 8.62. The van der Waals surface area contributed by atoms with Crippen LogP contribution in [0, 0.1) is 0 Å². The van der Waals surface area contributed by atoms with Gasteiger partial charge in [-0.2, -0.15) is 10.1 Å². The van der Waals surface area contributed by atoms with Gasteiger partial charge in [0.25, 0.3) is 5.91 Å². The highest BCUT2D eigenvalue weighted by molar-refractivity contribution is 6.31. The molecule has 1 aromatic heterocycles. The van der Waals surface area contributed by atoms with Crippen LogP contribution in [-0.2, 0) is 17.9 Å². The first-order valence-corrected chi connectivity index (χ1v) is 11.6. The summed E-state index contributed by atoms with van der Waals surface area (Å²) >= 11 is 6.23. The van der Waals surface area contributed by atoms with Crippen molar-refractivity contribution in [2.45, 2.75) is 26.1 Å². The van der Waals surface area contributed by atoms with E-state index >= 15 is 0 Å². The number of aromatic nitrogens is 3. The molecule has 0 spiro atoms. The third-order valence-electron chi connectivity index (χ3n) is 5.88. The first-order valence-electron chi connectivity index (χ1n) is 11.3. The zero-order valence-electron chi connectivity index (χ0n) is 19.1. The summed E-state index contributed by atoms with van der Waals surface area (Å²) in [6.07, 6.45) is 1.48. The summed E-state index contributed by atoms with van der Waals surface area (Å²) in [7, 11) is 0. The Morgan fingerprint density at radius 1 is 1.06 bits per heavy atom. The predicted octanol–water partition coefficient (Wildman–Crippen LogP) is 5.12. The van der Waals surface area contributed by atoms with Gasteiger partial charge < -0.3 is 15.4 Å². The summed E-state index contributed by atoms with van der Waals surface area (Å²) in [4.78, 5) is 17.6. The van der Waals surface area contributed by atoms with Crippen molar-refractivity contribution in [3.63, 3.8) is 0 Å². The summed E-state index contributed by atoms with van der Waals surface area (Å²) in [5, 5.41) is 11.3. The molecule has 1 amide bonds. The minimum atomic E-state index is -0.429. The molecule has 0 saturated heterocycles. The molecule has 7 nitrogen and oxygen atoms in total. The Bertz CT molecular complexity index is 1370. The molecule has 0 fully saturated rings. The van der Waals surface area contributed by atoms with Gasteiger partial charge in [0.15, 0.2) is 0 Å². The van der Waals surface area contributed by atoms with Gasteiger partial charge in [0, 0.05) is 22.8 Å². The fraction of sp³-hybridized carbons (Fsp3) is 0.148. The van der Waals surface area contributed by atoms with E-state index < -0.39 is 6.04 Å². The fourth-order valence-electron chi connectivity index (χ4n) is 4.09. The Hall–Kier alpha value is -4.10. The van der Waals surface area contributed by atoms with E-state index in [0.717, 1.165) is 22.4 Å². The van der Waals surface area contributed by atoms with Gasteiger partial charge in [-0.1, -0.05) is 72.3 Å². The predicted molar refractivity (Wildman–Crippen MR) is 135 cm³/mol. The molecular weight excluding hydrogens is 462 g/mol. The van der Waals surface area contributed by atoms with Crippen LogP contribution in [0.25, 0.3) is 0 Å². The number of hydrogen-bond donors (Lipinski definition) is 2. The van der Waals surface area contributed by atoms with Crippen molar-refractivity contribution in [2.24, 2.45) is 0 Å². The monoisotopic (exact) mass is 485 g/mol. The number of carbonyl (C=O) groups is 1. The molecule has 0 saturated carbocycles. The van der Waals surface area contributed by atoms with Crippen molar-refractivity contribution < 1.29 is 9.53 Å². The molecule has 2 N–H and O–H groups in total. The van der Waals surface area contributed by atoms with Gasteiger partial charge in [0.1, 0.15) is 24.7 Å². The SMILES string of the molecule is CC1=C(C(=O)NCc2ccccc2)C(c2ccc(OCc3ccccc3Cl)cc2)n2ncnc2N1. The Labute approximate surface area is 208 Å². The molecule has 3 aromatic carbocycles. The Kier molecular flexibility index (Phi) is 6.50. The number of rotatable bonds is 7. The van der Waals surface area contributed by atoms with Gasteiger partial charge >= 0.3 is 0 Å². The standard InChI is InChI=1S/C27H24ClN5O2/c1-18-24(26(34)29-15-19-7-3-2-4-8-19)25(33-27(32-18)30-17-31-33)20-11-13-22(14-12-20)35-16-21-9-5-6-10-23(21)28/h2-14,17,25H,15-16H2,1H3,(H,29,34)(H,30,31,32). The minimum absolute atomic E-state index is 0.163. The number of carbonyl (C=O) groups excluding carboxylic acids is 1. The molecule has 0 radical (unpaired) electrons. The number of nitrogens with one attached hydrogen (secondary N) is 2. The van der Waals surface area contributed by atoms with E-state index in [1.165, 1.54) is 6.33 Å². The summed E-state index contributed by atoms with van der Waals surface area (Å²) in [5.41, 5.74) is 4.16. The molecule has 1 aliphatic rings. The van der Waals surface area contributed by atoms with Crippen molar-refractivity contribution in [2.75, 3.05) is 5.32 Å². The van der Waals surface area contributed by atoms with Crippen LogP contribution < -0.4 is 15.4 Å². The highest BCUT2D eigenvalue weighted by atomic mass is 35.5. The second-order valence-electron chi connectivity index (χ2n) is 8.21. The summed E-state index contributed by atoms with van der Waals surface area (Å²) in [6.45, 7) is 2.68. The van der Waals surface area contributed by atoms with Gasteiger partial charge in [-0.15, -0.1) is 0 Å². The lowest BCUT2D eigenvalue weighted by Crippen LogP contribution is -2.34. The Balaban J connectivity index is 1.38. The number of fused-ring (bicyclic) bond motifs is 1. The molecule has 0 aliphatic carbocycles. The van der Waals surface area contributed by atoms with E-state index in [0.29, 0.717) is 35.4 Å². The maximum atomic E-state index is 13.3. The highest BCUT2D eigenvalue weighted by Crippen LogP contribution is 2.35. The zero-order chi connectivity index (χ0) is 24.2. The number of ether oxygens (including phenoxy) is 1. The first-order chi connectivity index (χ1) is 17.1. The molecule has 0 bridgehead atoms. The van der Waals surface area contributed by atoms with E-state index in [1.54, 1.807) is 4.68 Å². The zero-order valence-corrected chi connectivity index (χ0v) is 19.9. The highest BCUT2D eigenvalue weighted by Gasteiger charge is 2.33. The number of nitrogens with zero attached hydrogens (tertiary/aromatic N) is 3. The lowest BCUT2D eigenvalue weighted by molar-refractivity contribution is -0.118. The van der Waals surface area contributed by atoms with Crippen molar-refractivity contribution in [3.8, 4) is 5.75 Å². The third-order valence-corrected chi connectivity index (χ3v) is 6.25. The van der Waals surface area contributed by atoms with Crippen LogP contribution in [0.1, 0.15) is 29.7 Å². The minimum Gasteiger partial charge on any atom is -0.489 e. The van der Waals surface area contributed by atoms with E-state index in [9.17, 15) is 4.79 Å². The molecule has 2 heterocycles. The van der Waals surface area contributed by atoms with E-state index in [2.05, 4.69) is 20.7 Å². The number of hydrogen-bond acceptors (Lipinski definition) is 5. The second kappa shape index (κ2) is 10.0. The lowest BCUT2D eigenvalue weighted by atomic mass is 9.95. The van der Waals surface area contributed by atoms with Crippen molar-refractivity contribution in [3.05, 3.63) is 118 Å². The molecule has 8 heteroatoms. The molecule has 35 heavy (non-hydrogen) atoms. The average molecular weight is 486 g/mol. The maximum absolute atomic E-state index is 13.3. The summed E-state index contributed by atoms with van der Waals surface area (Å²) in [6, 6.07) is 24.7. The number of anilines is 1. The van der Waals surface area contributed by atoms with Crippen molar-refractivity contribution in [1.82, 2.24) is 20.1 Å². The van der Waals surface area contributed by atoms with Gasteiger partial charge in [-0.25, -0.2) is 4.68 Å². The third kappa shape index (κ3) is 4.90. The molecule has 1 aliphatic heterocycles. The van der Waals surface area contributed by atoms with Crippen molar-refractivity contribution in [1.29, 1.82) is 0 Å². The summed E-state index contributed by atoms with van der Waals surface area (Å²) < 4.78 is 7.66. The molecule has 176 valence electrons. The van der Waals surface area contributed by atoms with E-state index in [1.807, 2.05) is 85.8 Å². The Morgan fingerprint density at radius 2 is 1.80 bits per heavy atom. The average Bonchev–Trinajstić information content (AvgIpc) is 3.35. The maximum Gasteiger partial charge on any atom is 0.251 e. The number of allylic oxidation sites excluding steroid dienone is 1. The van der Waals surface area contributed by atoms with E-state index in [4.69, 9.17) is 16.3 Å². The molecule has 1 unspecified atom stereocenters. The molecule has 5 rings (SSSR count). The van der Waals surface area contributed by atoms with Crippen LogP contribution in [-0.4, -0.2) is 20.7 Å². The number of benzene rings is 3. The van der Waals surface area contributed by atoms with E-state index in [-0.39, 0.29) is 5.91 Å². The van der Waals surface area contributed by atoms with Gasteiger partial charge in [-0.05, 0) is 36.2 Å². The Morgan fingerprint density at radius 3 is 2.57 bits per heavy atom. The smallest absolute Gasteiger partial charge is 0.251 e.